The fourth-order valence-electron chi connectivity index (χ4n) is 3.42. The standard InChI is InChI=1S/C22H26FN5O2/c23-20-10-16(1-2-18(20)22(29)28-12-14(11-25)3-6-24)19-9-17(13-27-21(19)26)15-4-7-30-8-5-15/h1-3,6,9-11,13,15H,4-5,7-8,12,24-25H2,(H2,26,27)(H,28,29)/b6-3-,14-11+. The summed E-state index contributed by atoms with van der Waals surface area (Å²) in [5, 5.41) is 2.62. The van der Waals surface area contributed by atoms with Gasteiger partial charge in [-0.15, -0.1) is 0 Å². The van der Waals surface area contributed by atoms with Crippen molar-refractivity contribution in [2.24, 2.45) is 11.5 Å². The number of halogens is 1. The number of nitrogen functional groups attached to an aromatic ring is 1. The first kappa shape index (κ1) is 21.3. The lowest BCUT2D eigenvalue weighted by atomic mass is 9.91. The van der Waals surface area contributed by atoms with E-state index in [0.29, 0.717) is 41.6 Å². The van der Waals surface area contributed by atoms with Crippen LogP contribution >= 0.6 is 0 Å². The van der Waals surface area contributed by atoms with Crippen molar-refractivity contribution in [3.8, 4) is 11.1 Å². The van der Waals surface area contributed by atoms with E-state index >= 15 is 0 Å². The van der Waals surface area contributed by atoms with E-state index in [1.165, 1.54) is 24.5 Å². The molecule has 0 radical (unpaired) electrons. The van der Waals surface area contributed by atoms with Gasteiger partial charge in [0.2, 0.25) is 0 Å². The number of pyridine rings is 1. The van der Waals surface area contributed by atoms with Crippen molar-refractivity contribution in [3.05, 3.63) is 71.5 Å². The number of hydrogen-bond donors (Lipinski definition) is 4. The largest absolute Gasteiger partial charge is 0.405 e. The lowest BCUT2D eigenvalue weighted by molar-refractivity contribution is 0.0853. The van der Waals surface area contributed by atoms with E-state index in [1.54, 1.807) is 18.3 Å². The number of carbonyl (C=O) groups excluding carboxylic acids is 1. The van der Waals surface area contributed by atoms with E-state index in [2.05, 4.69) is 10.3 Å². The lowest BCUT2D eigenvalue weighted by Gasteiger charge is -2.22. The fraction of sp³-hybridized carbons (Fsp3) is 0.273. The summed E-state index contributed by atoms with van der Waals surface area (Å²) in [5.41, 5.74) is 19.6. The Morgan fingerprint density at radius 2 is 2.03 bits per heavy atom. The van der Waals surface area contributed by atoms with Gasteiger partial charge in [0.1, 0.15) is 11.6 Å². The first-order chi connectivity index (χ1) is 14.5. The van der Waals surface area contributed by atoms with E-state index in [0.717, 1.165) is 18.4 Å². The van der Waals surface area contributed by atoms with Crippen molar-refractivity contribution in [2.75, 3.05) is 25.5 Å². The maximum atomic E-state index is 14.7. The Kier molecular flexibility index (Phi) is 7.03. The van der Waals surface area contributed by atoms with Crippen LogP contribution in [0.5, 0.6) is 0 Å². The third-order valence-electron chi connectivity index (χ3n) is 5.13. The Morgan fingerprint density at radius 1 is 1.27 bits per heavy atom. The zero-order chi connectivity index (χ0) is 21.5. The molecular formula is C22H26FN5O2. The highest BCUT2D eigenvalue weighted by Gasteiger charge is 2.19. The van der Waals surface area contributed by atoms with Crippen molar-refractivity contribution in [1.82, 2.24) is 10.3 Å². The third-order valence-corrected chi connectivity index (χ3v) is 5.13. The second-order valence-corrected chi connectivity index (χ2v) is 7.07. The number of amides is 1. The number of anilines is 1. The summed E-state index contributed by atoms with van der Waals surface area (Å²) in [6.45, 7) is 1.56. The van der Waals surface area contributed by atoms with Gasteiger partial charge in [-0.25, -0.2) is 9.37 Å². The molecule has 8 heteroatoms. The zero-order valence-corrected chi connectivity index (χ0v) is 16.6. The maximum Gasteiger partial charge on any atom is 0.254 e. The molecule has 30 heavy (non-hydrogen) atoms. The minimum Gasteiger partial charge on any atom is -0.405 e. The molecule has 0 atom stereocenters. The van der Waals surface area contributed by atoms with Gasteiger partial charge in [0, 0.05) is 31.5 Å². The molecule has 1 fully saturated rings. The summed E-state index contributed by atoms with van der Waals surface area (Å²) in [6.07, 6.45) is 7.79. The van der Waals surface area contributed by atoms with Gasteiger partial charge in [0.15, 0.2) is 0 Å². The number of nitrogens with zero attached hydrogens (tertiary/aromatic N) is 1. The van der Waals surface area contributed by atoms with Crippen LogP contribution in [0.3, 0.4) is 0 Å². The maximum absolute atomic E-state index is 14.7. The molecule has 0 unspecified atom stereocenters. The van der Waals surface area contributed by atoms with Crippen molar-refractivity contribution < 1.29 is 13.9 Å². The van der Waals surface area contributed by atoms with Gasteiger partial charge in [-0.3, -0.25) is 4.79 Å². The Morgan fingerprint density at radius 3 is 2.70 bits per heavy atom. The highest BCUT2D eigenvalue weighted by Crippen LogP contribution is 2.32. The van der Waals surface area contributed by atoms with Crippen LogP contribution in [-0.4, -0.2) is 30.6 Å². The fourth-order valence-corrected chi connectivity index (χ4v) is 3.42. The van der Waals surface area contributed by atoms with Gasteiger partial charge >= 0.3 is 0 Å². The summed E-state index contributed by atoms with van der Waals surface area (Å²) in [5.74, 6) is -0.541. The van der Waals surface area contributed by atoms with E-state index in [9.17, 15) is 9.18 Å². The summed E-state index contributed by atoms with van der Waals surface area (Å²) in [6, 6.07) is 6.35. The molecular weight excluding hydrogens is 385 g/mol. The molecule has 7 N–H and O–H groups in total. The second-order valence-electron chi connectivity index (χ2n) is 7.07. The molecule has 1 aromatic heterocycles. The van der Waals surface area contributed by atoms with Gasteiger partial charge in [0.25, 0.3) is 5.91 Å². The topological polar surface area (TPSA) is 129 Å². The second kappa shape index (κ2) is 9.89. The Bertz CT molecular complexity index is 968. The monoisotopic (exact) mass is 411 g/mol. The number of aromatic nitrogens is 1. The normalized spacial score (nSPS) is 15.4. The first-order valence-electron chi connectivity index (χ1n) is 9.73. The first-order valence-corrected chi connectivity index (χ1v) is 9.73. The quantitative estimate of drug-likeness (QED) is 0.540. The third kappa shape index (κ3) is 4.96. The van der Waals surface area contributed by atoms with Gasteiger partial charge in [-0.05, 0) is 72.1 Å². The summed E-state index contributed by atoms with van der Waals surface area (Å²) in [7, 11) is 0. The molecule has 0 aliphatic carbocycles. The van der Waals surface area contributed by atoms with E-state index < -0.39 is 11.7 Å². The Hall–Kier alpha value is -3.39. The molecule has 2 aromatic rings. The molecule has 0 saturated carbocycles. The van der Waals surface area contributed by atoms with E-state index in [4.69, 9.17) is 21.9 Å². The van der Waals surface area contributed by atoms with E-state index in [-0.39, 0.29) is 12.1 Å². The van der Waals surface area contributed by atoms with Crippen LogP contribution in [0.4, 0.5) is 10.2 Å². The van der Waals surface area contributed by atoms with E-state index in [1.807, 2.05) is 6.07 Å². The van der Waals surface area contributed by atoms with Crippen molar-refractivity contribution in [3.63, 3.8) is 0 Å². The van der Waals surface area contributed by atoms with Crippen LogP contribution in [0.15, 0.2) is 54.5 Å². The van der Waals surface area contributed by atoms with Gasteiger partial charge in [0.05, 0.1) is 5.56 Å². The minimum atomic E-state index is -0.645. The molecule has 158 valence electrons. The number of hydrogen-bond acceptors (Lipinski definition) is 6. The Labute approximate surface area is 174 Å². The summed E-state index contributed by atoms with van der Waals surface area (Å²) < 4.78 is 20.1. The van der Waals surface area contributed by atoms with Crippen molar-refractivity contribution >= 4 is 11.7 Å². The average molecular weight is 411 g/mol. The predicted molar refractivity (Wildman–Crippen MR) is 115 cm³/mol. The van der Waals surface area contributed by atoms with Gasteiger partial charge in [-0.1, -0.05) is 6.07 Å². The average Bonchev–Trinajstić information content (AvgIpc) is 2.77. The SMILES string of the molecule is N/C=C\C(=C/N)CNC(=O)c1ccc(-c2cc(C3CCOCC3)cnc2N)cc1F. The van der Waals surface area contributed by atoms with Gasteiger partial charge < -0.3 is 27.3 Å². The summed E-state index contributed by atoms with van der Waals surface area (Å²) in [4.78, 5) is 16.6. The van der Waals surface area contributed by atoms with Crippen LogP contribution in [0.2, 0.25) is 0 Å². The highest BCUT2D eigenvalue weighted by atomic mass is 19.1. The number of nitrogens with one attached hydrogen (secondary N) is 1. The molecule has 1 saturated heterocycles. The van der Waals surface area contributed by atoms with Crippen molar-refractivity contribution in [2.45, 2.75) is 18.8 Å². The van der Waals surface area contributed by atoms with Crippen LogP contribution in [0.1, 0.15) is 34.7 Å². The predicted octanol–water partition coefficient (Wildman–Crippen LogP) is 2.41. The Balaban J connectivity index is 1.80. The molecule has 0 spiro atoms. The lowest BCUT2D eigenvalue weighted by Crippen LogP contribution is -2.26. The van der Waals surface area contributed by atoms with Crippen LogP contribution in [0.25, 0.3) is 11.1 Å². The van der Waals surface area contributed by atoms with Crippen LogP contribution in [-0.2, 0) is 4.74 Å². The molecule has 3 rings (SSSR count). The van der Waals surface area contributed by atoms with Gasteiger partial charge in [-0.2, -0.15) is 0 Å². The molecule has 2 heterocycles. The smallest absolute Gasteiger partial charge is 0.254 e. The zero-order valence-electron chi connectivity index (χ0n) is 16.6. The molecule has 1 amide bonds. The van der Waals surface area contributed by atoms with Crippen LogP contribution in [0, 0.1) is 5.82 Å². The molecule has 1 aliphatic rings. The van der Waals surface area contributed by atoms with Crippen molar-refractivity contribution in [1.29, 1.82) is 0 Å². The van der Waals surface area contributed by atoms with Crippen LogP contribution < -0.4 is 22.5 Å². The number of benzene rings is 1. The highest BCUT2D eigenvalue weighted by molar-refractivity contribution is 5.95. The number of ether oxygens (including phenoxy) is 1. The molecule has 1 aliphatic heterocycles. The molecule has 7 nitrogen and oxygen atoms in total. The molecule has 1 aromatic carbocycles. The molecule has 0 bridgehead atoms. The number of rotatable bonds is 6. The number of carbonyl (C=O) groups is 1. The summed E-state index contributed by atoms with van der Waals surface area (Å²) >= 11 is 0. The number of nitrogens with two attached hydrogens (primary N) is 3. The minimum absolute atomic E-state index is 0.0704.